The first-order chi connectivity index (χ1) is 15.9. The molecule has 0 unspecified atom stereocenters. The van der Waals surface area contributed by atoms with E-state index >= 15 is 0 Å². The zero-order valence-electron chi connectivity index (χ0n) is 18.6. The maximum absolute atomic E-state index is 13.2. The topological polar surface area (TPSA) is 93.1 Å². The van der Waals surface area contributed by atoms with Crippen LogP contribution < -0.4 is 4.74 Å². The first kappa shape index (κ1) is 28.6. The summed E-state index contributed by atoms with van der Waals surface area (Å²) in [4.78, 5) is 11.4. The van der Waals surface area contributed by atoms with Gasteiger partial charge in [0.05, 0.1) is 33.7 Å². The lowest BCUT2D eigenvalue weighted by Crippen LogP contribution is -2.37. The molecule has 1 aromatic carbocycles. The van der Waals surface area contributed by atoms with Crippen LogP contribution in [-0.4, -0.2) is 52.9 Å². The van der Waals surface area contributed by atoms with Crippen LogP contribution >= 0.6 is 34.4 Å². The Morgan fingerprint density at radius 3 is 2.59 bits per heavy atom. The Bertz CT molecular complexity index is 1030. The van der Waals surface area contributed by atoms with E-state index in [4.69, 9.17) is 9.84 Å². The van der Waals surface area contributed by atoms with Crippen LogP contribution in [0.15, 0.2) is 64.1 Å². The second-order valence-electron chi connectivity index (χ2n) is 7.57. The van der Waals surface area contributed by atoms with Crippen LogP contribution in [0.5, 0.6) is 5.75 Å². The van der Waals surface area contributed by atoms with E-state index in [9.17, 15) is 22.0 Å². The van der Waals surface area contributed by atoms with Crippen LogP contribution in [0.3, 0.4) is 0 Å². The largest absolute Gasteiger partial charge is 0.490 e. The highest BCUT2D eigenvalue weighted by molar-refractivity contribution is 14.1. The van der Waals surface area contributed by atoms with E-state index < -0.39 is 26.7 Å². The minimum atomic E-state index is -3.80. The quantitative estimate of drug-likeness (QED) is 0.143. The van der Waals surface area contributed by atoms with E-state index in [1.54, 1.807) is 12.2 Å². The van der Waals surface area contributed by atoms with Gasteiger partial charge in [0.15, 0.2) is 6.61 Å². The number of halogens is 3. The molecule has 0 aliphatic carbocycles. The summed E-state index contributed by atoms with van der Waals surface area (Å²) < 4.78 is 59.8. The van der Waals surface area contributed by atoms with Gasteiger partial charge < -0.3 is 14.6 Å². The van der Waals surface area contributed by atoms with Crippen molar-refractivity contribution in [3.8, 4) is 5.75 Å². The van der Waals surface area contributed by atoms with Gasteiger partial charge in [-0.1, -0.05) is 5.57 Å². The number of hydrogen-bond acceptors (Lipinski definition) is 6. The van der Waals surface area contributed by atoms with Gasteiger partial charge in [-0.05, 0) is 69.2 Å². The third-order valence-corrected chi connectivity index (χ3v) is 7.83. The van der Waals surface area contributed by atoms with Crippen molar-refractivity contribution in [2.45, 2.75) is 41.7 Å². The summed E-state index contributed by atoms with van der Waals surface area (Å²) in [6, 6.07) is 4.74. The SMILES string of the molecule is CC(C)=C/C(=C\C=C\OCC(=O)O)SC[C@@H]1CCCN1S(=O)(=O)c1ccc(OC(F)(F)I)cc1. The Morgan fingerprint density at radius 2 is 2.00 bits per heavy atom. The van der Waals surface area contributed by atoms with Gasteiger partial charge in [0.25, 0.3) is 0 Å². The van der Waals surface area contributed by atoms with E-state index in [1.807, 2.05) is 19.9 Å². The number of nitrogens with zero attached hydrogens (tertiary/aromatic N) is 1. The highest BCUT2D eigenvalue weighted by Crippen LogP contribution is 2.32. The van der Waals surface area contributed by atoms with Crippen molar-refractivity contribution in [3.05, 3.63) is 59.2 Å². The summed E-state index contributed by atoms with van der Waals surface area (Å²) in [5.74, 6) is -0.676. The molecule has 1 heterocycles. The van der Waals surface area contributed by atoms with Gasteiger partial charge in [0.2, 0.25) is 10.0 Å². The summed E-state index contributed by atoms with van der Waals surface area (Å²) >= 11 is 2.33. The molecule has 1 aliphatic rings. The number of ether oxygens (including phenoxy) is 2. The van der Waals surface area contributed by atoms with Crippen molar-refractivity contribution in [1.29, 1.82) is 0 Å². The number of benzene rings is 1. The fraction of sp³-hybridized carbons (Fsp3) is 0.409. The Labute approximate surface area is 216 Å². The Kier molecular flexibility index (Phi) is 10.8. The number of allylic oxidation sites excluding steroid dienone is 4. The molecular formula is C22H26F2INO6S2. The molecule has 1 saturated heterocycles. The highest BCUT2D eigenvalue weighted by Gasteiger charge is 2.35. The molecule has 2 rings (SSSR count). The Morgan fingerprint density at radius 1 is 1.32 bits per heavy atom. The predicted octanol–water partition coefficient (Wildman–Crippen LogP) is 5.40. The minimum absolute atomic E-state index is 0.0205. The van der Waals surface area contributed by atoms with Crippen molar-refractivity contribution in [3.63, 3.8) is 0 Å². The number of rotatable bonds is 12. The first-order valence-corrected chi connectivity index (χ1v) is 13.7. The number of sulfonamides is 1. The van der Waals surface area contributed by atoms with Gasteiger partial charge >= 0.3 is 10.1 Å². The molecule has 0 amide bonds. The number of hydrogen-bond donors (Lipinski definition) is 1. The zero-order chi connectivity index (χ0) is 25.4. The van der Waals surface area contributed by atoms with Gasteiger partial charge in [-0.2, -0.15) is 13.1 Å². The van der Waals surface area contributed by atoms with Crippen molar-refractivity contribution < 1.29 is 36.6 Å². The lowest BCUT2D eigenvalue weighted by Gasteiger charge is -2.24. The van der Waals surface area contributed by atoms with E-state index in [0.717, 1.165) is 39.5 Å². The molecule has 0 spiro atoms. The second-order valence-corrected chi connectivity index (χ2v) is 11.8. The molecule has 1 atom stereocenters. The van der Waals surface area contributed by atoms with E-state index in [1.165, 1.54) is 46.6 Å². The monoisotopic (exact) mass is 629 g/mol. The molecule has 1 aromatic rings. The van der Waals surface area contributed by atoms with E-state index in [2.05, 4.69) is 4.74 Å². The molecular weight excluding hydrogens is 603 g/mol. The third-order valence-electron chi connectivity index (χ3n) is 4.50. The van der Waals surface area contributed by atoms with E-state index in [-0.39, 0.29) is 16.7 Å². The van der Waals surface area contributed by atoms with Crippen molar-refractivity contribution in [2.75, 3.05) is 18.9 Å². The Balaban J connectivity index is 2.09. The summed E-state index contributed by atoms with van der Waals surface area (Å²) in [5.41, 5.74) is 1.05. The van der Waals surface area contributed by atoms with Crippen LogP contribution in [0.4, 0.5) is 8.78 Å². The van der Waals surface area contributed by atoms with E-state index in [0.29, 0.717) is 18.7 Å². The molecule has 1 N–H and O–H groups in total. The summed E-state index contributed by atoms with van der Waals surface area (Å²) in [6.07, 6.45) is 8.03. The molecule has 7 nitrogen and oxygen atoms in total. The maximum Gasteiger partial charge on any atom is 0.451 e. The molecule has 0 bridgehead atoms. The lowest BCUT2D eigenvalue weighted by molar-refractivity contribution is -0.140. The molecule has 188 valence electrons. The number of thioether (sulfide) groups is 1. The Hall–Kier alpha value is -1.64. The van der Waals surface area contributed by atoms with Crippen LogP contribution in [0, 0.1) is 0 Å². The average Bonchev–Trinajstić information content (AvgIpc) is 3.20. The summed E-state index contributed by atoms with van der Waals surface area (Å²) in [6.45, 7) is 3.82. The summed E-state index contributed by atoms with van der Waals surface area (Å²) in [5, 5.41) is 8.60. The number of carboxylic acids is 1. The number of alkyl halides is 3. The van der Waals surface area contributed by atoms with Gasteiger partial charge in [0, 0.05) is 23.2 Å². The molecule has 1 fully saturated rings. The molecule has 34 heavy (non-hydrogen) atoms. The fourth-order valence-electron chi connectivity index (χ4n) is 3.16. The molecule has 1 aliphatic heterocycles. The zero-order valence-corrected chi connectivity index (χ0v) is 22.4. The smallest absolute Gasteiger partial charge is 0.451 e. The highest BCUT2D eigenvalue weighted by atomic mass is 127. The van der Waals surface area contributed by atoms with Gasteiger partial charge in [0.1, 0.15) is 5.75 Å². The van der Waals surface area contributed by atoms with Gasteiger partial charge in [-0.15, -0.1) is 11.8 Å². The normalized spacial score (nSPS) is 17.7. The maximum atomic E-state index is 13.2. The second kappa shape index (κ2) is 12.9. The summed E-state index contributed by atoms with van der Waals surface area (Å²) in [7, 11) is -3.80. The standard InChI is InChI=1S/C22H26F2INO6S2/c1-16(2)13-19(6-4-12-31-14-21(27)28)33-15-17-5-3-11-26(17)34(29,30)20-9-7-18(8-10-20)32-22(23,24)25/h4,6-10,12-13,17H,3,5,11,14-15H2,1-2H3,(H,27,28)/b12-4+,19-6+/t17-/m0/s1. The first-order valence-electron chi connectivity index (χ1n) is 10.2. The minimum Gasteiger partial charge on any atom is -0.490 e. The van der Waals surface area contributed by atoms with Crippen LogP contribution in [0.25, 0.3) is 0 Å². The number of carbonyl (C=O) groups is 1. The average molecular weight is 629 g/mol. The fourth-order valence-corrected chi connectivity index (χ4v) is 6.43. The number of aliphatic carboxylic acids is 1. The molecule has 0 radical (unpaired) electrons. The molecule has 0 aromatic heterocycles. The molecule has 12 heteroatoms. The predicted molar refractivity (Wildman–Crippen MR) is 136 cm³/mol. The van der Waals surface area contributed by atoms with Crippen LogP contribution in [0.1, 0.15) is 26.7 Å². The lowest BCUT2D eigenvalue weighted by atomic mass is 10.3. The van der Waals surface area contributed by atoms with Crippen LogP contribution in [-0.2, 0) is 19.6 Å². The van der Waals surface area contributed by atoms with Gasteiger partial charge in [-0.25, -0.2) is 13.2 Å². The third kappa shape index (κ3) is 9.55. The number of carboxylic acid groups (broad SMARTS) is 1. The van der Waals surface area contributed by atoms with Crippen molar-refractivity contribution in [1.82, 2.24) is 4.31 Å². The molecule has 0 saturated carbocycles. The van der Waals surface area contributed by atoms with Gasteiger partial charge in [-0.3, -0.25) is 0 Å². The van der Waals surface area contributed by atoms with Crippen LogP contribution in [0.2, 0.25) is 0 Å². The van der Waals surface area contributed by atoms with Crippen molar-refractivity contribution >= 4 is 50.3 Å². The van der Waals surface area contributed by atoms with Crippen molar-refractivity contribution in [2.24, 2.45) is 0 Å².